The number of benzene rings is 1. The van der Waals surface area contributed by atoms with Gasteiger partial charge in [-0.25, -0.2) is 4.98 Å². The number of carbonyl (C=O) groups excluding carboxylic acids is 1. The van der Waals surface area contributed by atoms with Gasteiger partial charge in [-0.15, -0.1) is 0 Å². The number of fused-ring (bicyclic) bond motifs is 1. The molecule has 7 heteroatoms. The number of carbonyl (C=O) groups is 1. The lowest BCUT2D eigenvalue weighted by molar-refractivity contribution is -0.113. The van der Waals surface area contributed by atoms with Gasteiger partial charge in [0.05, 0.1) is 23.1 Å². The maximum atomic E-state index is 12.0. The van der Waals surface area contributed by atoms with Gasteiger partial charge in [0.15, 0.2) is 5.13 Å². The van der Waals surface area contributed by atoms with Crippen LogP contribution in [0, 0.1) is 0 Å². The molecule has 24 heavy (non-hydrogen) atoms. The molecule has 2 heterocycles. The van der Waals surface area contributed by atoms with Crippen molar-refractivity contribution < 1.29 is 9.53 Å². The van der Waals surface area contributed by atoms with E-state index in [2.05, 4.69) is 15.3 Å². The van der Waals surface area contributed by atoms with E-state index in [0.717, 1.165) is 33.8 Å². The number of hydrogen-bond donors (Lipinski definition) is 1. The van der Waals surface area contributed by atoms with E-state index in [4.69, 9.17) is 4.74 Å². The fourth-order valence-electron chi connectivity index (χ4n) is 2.13. The van der Waals surface area contributed by atoms with Gasteiger partial charge in [-0.05, 0) is 42.5 Å². The van der Waals surface area contributed by atoms with E-state index in [-0.39, 0.29) is 5.91 Å². The van der Waals surface area contributed by atoms with E-state index >= 15 is 0 Å². The van der Waals surface area contributed by atoms with Gasteiger partial charge in [-0.3, -0.25) is 9.78 Å². The molecule has 1 amide bonds. The van der Waals surface area contributed by atoms with Crippen LogP contribution in [0.15, 0.2) is 42.6 Å². The summed E-state index contributed by atoms with van der Waals surface area (Å²) >= 11 is 3.04. The zero-order chi connectivity index (χ0) is 16.8. The van der Waals surface area contributed by atoms with Crippen molar-refractivity contribution in [3.63, 3.8) is 0 Å². The van der Waals surface area contributed by atoms with Crippen LogP contribution < -0.4 is 10.1 Å². The van der Waals surface area contributed by atoms with Crippen LogP contribution in [0.3, 0.4) is 0 Å². The molecule has 0 aliphatic rings. The van der Waals surface area contributed by atoms with Crippen LogP contribution in [0.25, 0.3) is 10.2 Å². The van der Waals surface area contributed by atoms with E-state index in [9.17, 15) is 4.79 Å². The Bertz CT molecular complexity index is 821. The number of amides is 1. The molecule has 0 radical (unpaired) electrons. The number of pyridine rings is 1. The molecule has 0 unspecified atom stereocenters. The second-order valence-corrected chi connectivity index (χ2v) is 7.16. The van der Waals surface area contributed by atoms with Crippen molar-refractivity contribution in [3.8, 4) is 5.75 Å². The van der Waals surface area contributed by atoms with E-state index in [1.165, 1.54) is 11.3 Å². The first-order valence-electron chi connectivity index (χ1n) is 7.46. The molecule has 3 aromatic rings. The molecule has 124 valence electrons. The number of methoxy groups -OCH3 is 1. The smallest absolute Gasteiger partial charge is 0.236 e. The number of nitrogens with one attached hydrogen (secondary N) is 1. The van der Waals surface area contributed by atoms with E-state index in [1.54, 1.807) is 25.1 Å². The summed E-state index contributed by atoms with van der Waals surface area (Å²) in [5.74, 6) is 2.02. The summed E-state index contributed by atoms with van der Waals surface area (Å²) in [6, 6.07) is 11.5. The molecule has 3 rings (SSSR count). The van der Waals surface area contributed by atoms with Crippen LogP contribution in [0.5, 0.6) is 5.75 Å². The van der Waals surface area contributed by atoms with Crippen LogP contribution in [-0.4, -0.2) is 34.5 Å². The molecule has 0 bridgehead atoms. The number of anilines is 1. The third-order valence-corrected chi connectivity index (χ3v) is 5.20. The van der Waals surface area contributed by atoms with Gasteiger partial charge in [-0.2, -0.15) is 11.8 Å². The highest BCUT2D eigenvalue weighted by molar-refractivity contribution is 7.99. The van der Waals surface area contributed by atoms with E-state index in [0.29, 0.717) is 10.9 Å². The van der Waals surface area contributed by atoms with Crippen LogP contribution in [0.1, 0.15) is 5.69 Å². The maximum Gasteiger partial charge on any atom is 0.236 e. The first kappa shape index (κ1) is 16.7. The molecule has 0 aliphatic carbocycles. The fourth-order valence-corrected chi connectivity index (χ4v) is 3.79. The monoisotopic (exact) mass is 359 g/mol. The number of nitrogens with zero attached hydrogens (tertiary/aromatic N) is 2. The van der Waals surface area contributed by atoms with Crippen LogP contribution >= 0.6 is 23.1 Å². The summed E-state index contributed by atoms with van der Waals surface area (Å²) in [7, 11) is 1.63. The second-order valence-electron chi connectivity index (χ2n) is 5.02. The molecule has 0 saturated carbocycles. The lowest BCUT2D eigenvalue weighted by Crippen LogP contribution is -2.14. The molecule has 0 saturated heterocycles. The largest absolute Gasteiger partial charge is 0.497 e. The Kier molecular flexibility index (Phi) is 5.66. The Labute approximate surface area is 148 Å². The SMILES string of the molecule is COc1ccc2nc(NC(=O)CSCCc3ccccn3)sc2c1. The van der Waals surface area contributed by atoms with E-state index in [1.807, 2.05) is 36.4 Å². The predicted molar refractivity (Wildman–Crippen MR) is 100 cm³/mol. The fraction of sp³-hybridized carbons (Fsp3) is 0.235. The average molecular weight is 359 g/mol. The summed E-state index contributed by atoms with van der Waals surface area (Å²) in [5.41, 5.74) is 1.91. The minimum absolute atomic E-state index is 0.0351. The van der Waals surface area contributed by atoms with Crippen LogP contribution in [-0.2, 0) is 11.2 Å². The Morgan fingerprint density at radius 2 is 2.25 bits per heavy atom. The predicted octanol–water partition coefficient (Wildman–Crippen LogP) is 3.61. The topological polar surface area (TPSA) is 64.1 Å². The van der Waals surface area contributed by atoms with Crippen LogP contribution in [0.2, 0.25) is 0 Å². The number of hydrogen-bond acceptors (Lipinski definition) is 6. The van der Waals surface area contributed by atoms with Crippen molar-refractivity contribution in [1.82, 2.24) is 9.97 Å². The number of thiazole rings is 1. The van der Waals surface area contributed by atoms with Gasteiger partial charge in [0.2, 0.25) is 5.91 Å². The van der Waals surface area contributed by atoms with Gasteiger partial charge < -0.3 is 10.1 Å². The second kappa shape index (κ2) is 8.12. The first-order valence-corrected chi connectivity index (χ1v) is 9.44. The minimum atomic E-state index is -0.0351. The van der Waals surface area contributed by atoms with Crippen molar-refractivity contribution in [2.75, 3.05) is 23.9 Å². The molecule has 1 aromatic carbocycles. The number of ether oxygens (including phenoxy) is 1. The van der Waals surface area contributed by atoms with Crippen molar-refractivity contribution >= 4 is 44.4 Å². The molecule has 0 spiro atoms. The molecule has 2 aromatic heterocycles. The number of aromatic nitrogens is 2. The van der Waals surface area contributed by atoms with Gasteiger partial charge in [0.25, 0.3) is 0 Å². The molecule has 0 fully saturated rings. The molecule has 1 N–H and O–H groups in total. The van der Waals surface area contributed by atoms with E-state index < -0.39 is 0 Å². The van der Waals surface area contributed by atoms with Crippen LogP contribution in [0.4, 0.5) is 5.13 Å². The Morgan fingerprint density at radius 3 is 3.04 bits per heavy atom. The zero-order valence-corrected chi connectivity index (χ0v) is 14.8. The standard InChI is InChI=1S/C17H17N3O2S2/c1-22-13-5-6-14-15(10-13)24-17(19-14)20-16(21)11-23-9-7-12-4-2-3-8-18-12/h2-6,8,10H,7,9,11H2,1H3,(H,19,20,21). The van der Waals surface area contributed by atoms with Gasteiger partial charge in [-0.1, -0.05) is 17.4 Å². The molecule has 0 aliphatic heterocycles. The lowest BCUT2D eigenvalue weighted by atomic mass is 10.3. The number of thioether (sulfide) groups is 1. The normalized spacial score (nSPS) is 10.7. The molecule has 0 atom stereocenters. The molecular formula is C17H17N3O2S2. The third kappa shape index (κ3) is 4.46. The quantitative estimate of drug-likeness (QED) is 0.653. The van der Waals surface area contributed by atoms with Crippen molar-refractivity contribution in [2.24, 2.45) is 0 Å². The zero-order valence-electron chi connectivity index (χ0n) is 13.2. The highest BCUT2D eigenvalue weighted by atomic mass is 32.2. The Balaban J connectivity index is 1.48. The Morgan fingerprint density at radius 1 is 1.33 bits per heavy atom. The number of rotatable bonds is 7. The van der Waals surface area contributed by atoms with Crippen molar-refractivity contribution in [3.05, 3.63) is 48.3 Å². The molecular weight excluding hydrogens is 342 g/mol. The number of aryl methyl sites for hydroxylation is 1. The summed E-state index contributed by atoms with van der Waals surface area (Å²) in [6.45, 7) is 0. The summed E-state index contributed by atoms with van der Waals surface area (Å²) in [4.78, 5) is 20.7. The van der Waals surface area contributed by atoms with Crippen molar-refractivity contribution in [2.45, 2.75) is 6.42 Å². The molecule has 5 nitrogen and oxygen atoms in total. The summed E-state index contributed by atoms with van der Waals surface area (Å²) in [5, 5.41) is 3.48. The first-order chi connectivity index (χ1) is 11.7. The van der Waals surface area contributed by atoms with Gasteiger partial charge in [0, 0.05) is 11.9 Å². The van der Waals surface area contributed by atoms with Crippen molar-refractivity contribution in [1.29, 1.82) is 0 Å². The minimum Gasteiger partial charge on any atom is -0.497 e. The highest BCUT2D eigenvalue weighted by Crippen LogP contribution is 2.29. The van der Waals surface area contributed by atoms with Gasteiger partial charge >= 0.3 is 0 Å². The lowest BCUT2D eigenvalue weighted by Gasteiger charge is -2.02. The van der Waals surface area contributed by atoms with Gasteiger partial charge in [0.1, 0.15) is 5.75 Å². The Hall–Kier alpha value is -2.12. The summed E-state index contributed by atoms with van der Waals surface area (Å²) in [6.07, 6.45) is 2.65. The third-order valence-electron chi connectivity index (χ3n) is 3.30. The maximum absolute atomic E-state index is 12.0. The summed E-state index contributed by atoms with van der Waals surface area (Å²) < 4.78 is 6.19. The highest BCUT2D eigenvalue weighted by Gasteiger charge is 2.09. The average Bonchev–Trinajstić information content (AvgIpc) is 3.00.